The van der Waals surface area contributed by atoms with Crippen molar-refractivity contribution in [3.63, 3.8) is 0 Å². The molecule has 0 radical (unpaired) electrons. The predicted octanol–water partition coefficient (Wildman–Crippen LogP) is -0.638. The molecule has 0 aliphatic carbocycles. The molecule has 0 rings (SSSR count). The second-order valence-corrected chi connectivity index (χ2v) is 8.12. The van der Waals surface area contributed by atoms with Crippen LogP contribution >= 0.6 is 15.9 Å². The third-order valence-electron chi connectivity index (χ3n) is 1.51. The molecule has 0 atom stereocenters. The minimum Gasteiger partial charge on any atom is -0.379 e. The molecule has 9 heteroatoms. The van der Waals surface area contributed by atoms with Gasteiger partial charge in [-0.05, 0) is 0 Å². The van der Waals surface area contributed by atoms with Crippen LogP contribution in [-0.2, 0) is 24.6 Å². The number of sulfone groups is 1. The third kappa shape index (κ3) is 10.8. The first-order valence-electron chi connectivity index (χ1n) is 4.55. The molecule has 0 heterocycles. The number of halogens is 1. The van der Waals surface area contributed by atoms with Crippen LogP contribution < -0.4 is 4.72 Å². The van der Waals surface area contributed by atoms with E-state index >= 15 is 0 Å². The number of nitrogens with one attached hydrogen (secondary N) is 1. The van der Waals surface area contributed by atoms with E-state index in [2.05, 4.69) is 20.7 Å². The summed E-state index contributed by atoms with van der Waals surface area (Å²) in [6.07, 6.45) is 1.00. The van der Waals surface area contributed by atoms with Crippen LogP contribution in [0.25, 0.3) is 0 Å². The Labute approximate surface area is 105 Å². The zero-order valence-corrected chi connectivity index (χ0v) is 12.2. The van der Waals surface area contributed by atoms with E-state index in [1.165, 1.54) is 0 Å². The summed E-state index contributed by atoms with van der Waals surface area (Å²) in [5, 5.41) is 0.688. The molecule has 16 heavy (non-hydrogen) atoms. The molecule has 1 N–H and O–H groups in total. The Kier molecular flexibility index (Phi) is 7.73. The fourth-order valence-corrected chi connectivity index (χ4v) is 3.62. The van der Waals surface area contributed by atoms with E-state index in [0.29, 0.717) is 11.9 Å². The zero-order valence-electron chi connectivity index (χ0n) is 8.98. The third-order valence-corrected chi connectivity index (χ3v) is 4.43. The van der Waals surface area contributed by atoms with E-state index in [1.54, 1.807) is 0 Å². The molecule has 0 spiro atoms. The molecule has 0 bridgehead atoms. The first-order chi connectivity index (χ1) is 7.27. The lowest BCUT2D eigenvalue weighted by Gasteiger charge is -2.06. The van der Waals surface area contributed by atoms with Crippen molar-refractivity contribution in [1.82, 2.24) is 4.72 Å². The van der Waals surface area contributed by atoms with Crippen molar-refractivity contribution < 1.29 is 21.6 Å². The zero-order chi connectivity index (χ0) is 12.7. The van der Waals surface area contributed by atoms with Gasteiger partial charge in [-0.25, -0.2) is 21.6 Å². The van der Waals surface area contributed by atoms with Gasteiger partial charge < -0.3 is 4.74 Å². The molecule has 0 saturated carbocycles. The van der Waals surface area contributed by atoms with E-state index in [1.807, 2.05) is 0 Å². The molecule has 0 aromatic rings. The number of hydrogen-bond donors (Lipinski definition) is 1. The molecule has 0 aromatic heterocycles. The van der Waals surface area contributed by atoms with Crippen LogP contribution in [-0.4, -0.2) is 59.7 Å². The summed E-state index contributed by atoms with van der Waals surface area (Å²) >= 11 is 3.16. The average molecular weight is 338 g/mol. The number of rotatable bonds is 9. The van der Waals surface area contributed by atoms with Gasteiger partial charge in [0.1, 0.15) is 9.84 Å². The van der Waals surface area contributed by atoms with Gasteiger partial charge in [-0.15, -0.1) is 0 Å². The maximum absolute atomic E-state index is 11.3. The minimum atomic E-state index is -3.52. The lowest BCUT2D eigenvalue weighted by atomic mass is 10.7. The number of ether oxygens (including phenoxy) is 1. The van der Waals surface area contributed by atoms with Crippen molar-refractivity contribution in [3.8, 4) is 0 Å². The maximum Gasteiger partial charge on any atom is 0.212 e. The van der Waals surface area contributed by atoms with E-state index in [4.69, 9.17) is 4.74 Å². The highest BCUT2D eigenvalue weighted by molar-refractivity contribution is 9.09. The number of alkyl halides is 1. The van der Waals surface area contributed by atoms with Crippen molar-refractivity contribution in [2.45, 2.75) is 0 Å². The summed E-state index contributed by atoms with van der Waals surface area (Å²) in [5.41, 5.74) is 0. The second kappa shape index (κ2) is 7.59. The van der Waals surface area contributed by atoms with Crippen LogP contribution in [0.4, 0.5) is 0 Å². The first-order valence-corrected chi connectivity index (χ1v) is 9.39. The van der Waals surface area contributed by atoms with Gasteiger partial charge in [0.2, 0.25) is 10.0 Å². The van der Waals surface area contributed by atoms with E-state index < -0.39 is 25.6 Å². The number of hydrogen-bond acceptors (Lipinski definition) is 5. The molecule has 0 aliphatic rings. The highest BCUT2D eigenvalue weighted by atomic mass is 79.9. The maximum atomic E-state index is 11.3. The van der Waals surface area contributed by atoms with Gasteiger partial charge in [-0.3, -0.25) is 0 Å². The second-order valence-electron chi connectivity index (χ2n) is 3.14. The largest absolute Gasteiger partial charge is 0.379 e. The smallest absolute Gasteiger partial charge is 0.212 e. The molecule has 0 unspecified atom stereocenters. The van der Waals surface area contributed by atoms with Crippen molar-refractivity contribution >= 4 is 35.8 Å². The summed E-state index contributed by atoms with van der Waals surface area (Å²) < 4.78 is 51.4. The molecular formula is C7H16BrNO5S2. The number of sulfonamides is 1. The molecule has 0 aliphatic heterocycles. The summed E-state index contributed by atoms with van der Waals surface area (Å²) in [7, 11) is -6.78. The van der Waals surface area contributed by atoms with Crippen LogP contribution in [0, 0.1) is 0 Å². The molecule has 0 aromatic carbocycles. The normalized spacial score (nSPS) is 12.9. The Morgan fingerprint density at radius 3 is 2.25 bits per heavy atom. The van der Waals surface area contributed by atoms with Crippen molar-refractivity contribution in [1.29, 1.82) is 0 Å². The lowest BCUT2D eigenvalue weighted by Crippen LogP contribution is -2.32. The summed E-state index contributed by atoms with van der Waals surface area (Å²) in [5.74, 6) is -0.783. The van der Waals surface area contributed by atoms with E-state index in [9.17, 15) is 16.8 Å². The average Bonchev–Trinajstić information content (AvgIpc) is 2.14. The van der Waals surface area contributed by atoms with Gasteiger partial charge in [-0.1, -0.05) is 15.9 Å². The van der Waals surface area contributed by atoms with Gasteiger partial charge in [-0.2, -0.15) is 0 Å². The fourth-order valence-electron chi connectivity index (χ4n) is 0.759. The predicted molar refractivity (Wildman–Crippen MR) is 66.1 cm³/mol. The fraction of sp³-hybridized carbons (Fsp3) is 1.00. The van der Waals surface area contributed by atoms with Crippen LogP contribution in [0.5, 0.6) is 0 Å². The van der Waals surface area contributed by atoms with Gasteiger partial charge >= 0.3 is 0 Å². The SMILES string of the molecule is CS(=O)(=O)CCS(=O)(=O)NCCOCCBr. The van der Waals surface area contributed by atoms with Gasteiger partial charge in [0.05, 0.1) is 24.7 Å². The van der Waals surface area contributed by atoms with Gasteiger partial charge in [0, 0.05) is 18.1 Å². The Balaban J connectivity index is 3.80. The van der Waals surface area contributed by atoms with E-state index in [0.717, 1.165) is 6.26 Å². The Bertz CT molecular complexity index is 378. The van der Waals surface area contributed by atoms with Crippen LogP contribution in [0.2, 0.25) is 0 Å². The van der Waals surface area contributed by atoms with Crippen molar-refractivity contribution in [2.75, 3.05) is 42.9 Å². The van der Waals surface area contributed by atoms with E-state index in [-0.39, 0.29) is 18.9 Å². The monoisotopic (exact) mass is 337 g/mol. The highest BCUT2D eigenvalue weighted by Gasteiger charge is 2.13. The Hall–Kier alpha value is 0.300. The lowest BCUT2D eigenvalue weighted by molar-refractivity contribution is 0.156. The van der Waals surface area contributed by atoms with Gasteiger partial charge in [0.25, 0.3) is 0 Å². The first kappa shape index (κ1) is 16.3. The molecule has 0 fully saturated rings. The topological polar surface area (TPSA) is 89.5 Å². The molecular weight excluding hydrogens is 322 g/mol. The molecule has 0 saturated heterocycles. The standard InChI is InChI=1S/C7H16BrNO5S2/c1-15(10,11)6-7-16(12,13)9-3-5-14-4-2-8/h9H,2-7H2,1H3. The molecule has 98 valence electrons. The summed E-state index contributed by atoms with van der Waals surface area (Å²) in [6.45, 7) is 0.924. The minimum absolute atomic E-state index is 0.152. The highest BCUT2D eigenvalue weighted by Crippen LogP contribution is 1.90. The molecule has 0 amide bonds. The summed E-state index contributed by atoms with van der Waals surface area (Å²) in [6, 6.07) is 0. The molecule has 6 nitrogen and oxygen atoms in total. The van der Waals surface area contributed by atoms with Crippen molar-refractivity contribution in [3.05, 3.63) is 0 Å². The summed E-state index contributed by atoms with van der Waals surface area (Å²) in [4.78, 5) is 0. The van der Waals surface area contributed by atoms with Crippen LogP contribution in [0.1, 0.15) is 0 Å². The van der Waals surface area contributed by atoms with Crippen molar-refractivity contribution in [2.24, 2.45) is 0 Å². The van der Waals surface area contributed by atoms with Crippen LogP contribution in [0.3, 0.4) is 0 Å². The Morgan fingerprint density at radius 1 is 1.12 bits per heavy atom. The quantitative estimate of drug-likeness (QED) is 0.446. The van der Waals surface area contributed by atoms with Crippen LogP contribution in [0.15, 0.2) is 0 Å². The Morgan fingerprint density at radius 2 is 1.75 bits per heavy atom. The van der Waals surface area contributed by atoms with Gasteiger partial charge in [0.15, 0.2) is 0 Å².